The summed E-state index contributed by atoms with van der Waals surface area (Å²) < 4.78 is 37.1. The highest BCUT2D eigenvalue weighted by molar-refractivity contribution is 9.10. The maximum Gasteiger partial charge on any atom is 0.416 e. The van der Waals surface area contributed by atoms with Crippen molar-refractivity contribution in [2.75, 3.05) is 0 Å². The number of hydrogen-bond acceptors (Lipinski definition) is 3. The molecular weight excluding hydrogens is 293 g/mol. The van der Waals surface area contributed by atoms with Crippen molar-refractivity contribution in [1.82, 2.24) is 0 Å². The van der Waals surface area contributed by atoms with E-state index in [4.69, 9.17) is 5.73 Å². The number of nitrogens with zero attached hydrogens (tertiary/aromatic N) is 1. The zero-order valence-electron chi connectivity index (χ0n) is 7.71. The van der Waals surface area contributed by atoms with E-state index >= 15 is 0 Å². The second-order valence-corrected chi connectivity index (χ2v) is 3.77. The Balaban J connectivity index is 3.46. The van der Waals surface area contributed by atoms with Crippen molar-refractivity contribution in [3.8, 4) is 0 Å². The van der Waals surface area contributed by atoms with E-state index in [2.05, 4.69) is 15.9 Å². The SMILES string of the molecule is NCc1c(Br)cc(C(F)(F)F)cc1[N+](=O)[O-]. The van der Waals surface area contributed by atoms with Crippen LogP contribution in [0.5, 0.6) is 0 Å². The van der Waals surface area contributed by atoms with E-state index < -0.39 is 22.4 Å². The Labute approximate surface area is 96.5 Å². The molecule has 0 aliphatic carbocycles. The molecule has 1 aromatic carbocycles. The molecule has 0 saturated heterocycles. The van der Waals surface area contributed by atoms with E-state index in [1.807, 2.05) is 0 Å². The van der Waals surface area contributed by atoms with Crippen molar-refractivity contribution in [2.24, 2.45) is 5.73 Å². The van der Waals surface area contributed by atoms with Gasteiger partial charge in [0.25, 0.3) is 5.69 Å². The third-order valence-electron chi connectivity index (χ3n) is 1.90. The summed E-state index contributed by atoms with van der Waals surface area (Å²) in [5, 5.41) is 10.6. The molecular formula is C8H6BrF3N2O2. The van der Waals surface area contributed by atoms with Gasteiger partial charge in [0.05, 0.1) is 16.1 Å². The summed E-state index contributed by atoms with van der Waals surface area (Å²) in [6.07, 6.45) is -4.62. The van der Waals surface area contributed by atoms with Crippen molar-refractivity contribution in [1.29, 1.82) is 0 Å². The maximum atomic E-state index is 12.4. The minimum Gasteiger partial charge on any atom is -0.326 e. The second-order valence-electron chi connectivity index (χ2n) is 2.91. The molecule has 1 aromatic rings. The Morgan fingerprint density at radius 1 is 1.44 bits per heavy atom. The molecule has 0 saturated carbocycles. The first-order valence-corrected chi connectivity index (χ1v) is 4.80. The van der Waals surface area contributed by atoms with Gasteiger partial charge in [0, 0.05) is 17.1 Å². The maximum absolute atomic E-state index is 12.4. The van der Waals surface area contributed by atoms with Gasteiger partial charge in [0.15, 0.2) is 0 Å². The molecule has 0 amide bonds. The van der Waals surface area contributed by atoms with Gasteiger partial charge in [-0.25, -0.2) is 0 Å². The first-order valence-electron chi connectivity index (χ1n) is 4.01. The van der Waals surface area contributed by atoms with Crippen LogP contribution in [0.4, 0.5) is 18.9 Å². The smallest absolute Gasteiger partial charge is 0.326 e. The molecule has 0 bridgehead atoms. The molecule has 0 heterocycles. The fraction of sp³-hybridized carbons (Fsp3) is 0.250. The second kappa shape index (κ2) is 4.38. The molecule has 0 radical (unpaired) electrons. The number of nitro benzene ring substituents is 1. The van der Waals surface area contributed by atoms with E-state index in [9.17, 15) is 23.3 Å². The number of hydrogen-bond donors (Lipinski definition) is 1. The standard InChI is InChI=1S/C8H6BrF3N2O2/c9-6-1-4(8(10,11)12)2-7(14(15)16)5(6)3-13/h1-2H,3,13H2. The van der Waals surface area contributed by atoms with Gasteiger partial charge in [-0.3, -0.25) is 10.1 Å². The lowest BCUT2D eigenvalue weighted by Gasteiger charge is -2.09. The van der Waals surface area contributed by atoms with Crippen LogP contribution in [0.3, 0.4) is 0 Å². The molecule has 0 atom stereocenters. The first-order chi connectivity index (χ1) is 7.27. The zero-order valence-corrected chi connectivity index (χ0v) is 9.30. The molecule has 0 aliphatic rings. The Kier molecular flexibility index (Phi) is 3.54. The number of benzene rings is 1. The number of rotatable bonds is 2. The molecule has 0 aliphatic heterocycles. The van der Waals surface area contributed by atoms with Gasteiger partial charge < -0.3 is 5.73 Å². The van der Waals surface area contributed by atoms with Crippen molar-refractivity contribution in [3.05, 3.63) is 37.8 Å². The lowest BCUT2D eigenvalue weighted by Crippen LogP contribution is -2.09. The van der Waals surface area contributed by atoms with Crippen molar-refractivity contribution in [2.45, 2.75) is 12.7 Å². The molecule has 88 valence electrons. The molecule has 1 rings (SSSR count). The van der Waals surface area contributed by atoms with Crippen LogP contribution in [-0.2, 0) is 12.7 Å². The number of halogens is 4. The monoisotopic (exact) mass is 298 g/mol. The lowest BCUT2D eigenvalue weighted by molar-refractivity contribution is -0.385. The highest BCUT2D eigenvalue weighted by Crippen LogP contribution is 2.36. The van der Waals surface area contributed by atoms with Gasteiger partial charge in [-0.05, 0) is 6.07 Å². The Hall–Kier alpha value is -1.15. The van der Waals surface area contributed by atoms with E-state index in [0.717, 1.165) is 6.07 Å². The minimum absolute atomic E-state index is 0.0171. The summed E-state index contributed by atoms with van der Waals surface area (Å²) in [5.74, 6) is 0. The van der Waals surface area contributed by atoms with Gasteiger partial charge in [-0.15, -0.1) is 0 Å². The fourth-order valence-corrected chi connectivity index (χ4v) is 1.76. The Bertz CT molecular complexity index is 434. The Morgan fingerprint density at radius 2 is 2.00 bits per heavy atom. The van der Waals surface area contributed by atoms with Crippen LogP contribution in [0.2, 0.25) is 0 Å². The molecule has 0 fully saturated rings. The lowest BCUT2D eigenvalue weighted by atomic mass is 10.1. The van der Waals surface area contributed by atoms with Crippen LogP contribution in [0.25, 0.3) is 0 Å². The fourth-order valence-electron chi connectivity index (χ4n) is 1.15. The van der Waals surface area contributed by atoms with Crippen LogP contribution in [0.15, 0.2) is 16.6 Å². The molecule has 16 heavy (non-hydrogen) atoms. The van der Waals surface area contributed by atoms with E-state index in [0.29, 0.717) is 6.07 Å². The van der Waals surface area contributed by atoms with E-state index in [1.165, 1.54) is 0 Å². The summed E-state index contributed by atoms with van der Waals surface area (Å²) in [6.45, 7) is -0.213. The largest absolute Gasteiger partial charge is 0.416 e. The Morgan fingerprint density at radius 3 is 2.38 bits per heavy atom. The number of alkyl halides is 3. The highest BCUT2D eigenvalue weighted by Gasteiger charge is 2.34. The summed E-state index contributed by atoms with van der Waals surface area (Å²) >= 11 is 2.83. The quantitative estimate of drug-likeness (QED) is 0.674. The summed E-state index contributed by atoms with van der Waals surface area (Å²) in [5.41, 5.74) is 3.56. The zero-order chi connectivity index (χ0) is 12.5. The third-order valence-corrected chi connectivity index (χ3v) is 2.61. The van der Waals surface area contributed by atoms with Crippen LogP contribution >= 0.6 is 15.9 Å². The topological polar surface area (TPSA) is 69.2 Å². The summed E-state index contributed by atoms with van der Waals surface area (Å²) in [4.78, 5) is 9.69. The van der Waals surface area contributed by atoms with Crippen molar-refractivity contribution < 1.29 is 18.1 Å². The van der Waals surface area contributed by atoms with E-state index in [1.54, 1.807) is 0 Å². The average molecular weight is 299 g/mol. The summed E-state index contributed by atoms with van der Waals surface area (Å²) in [6, 6.07) is 1.25. The van der Waals surface area contributed by atoms with Gasteiger partial charge in [0.2, 0.25) is 0 Å². The van der Waals surface area contributed by atoms with Gasteiger partial charge >= 0.3 is 6.18 Å². The predicted octanol–water partition coefficient (Wildman–Crippen LogP) is 2.83. The number of nitro groups is 1. The first kappa shape index (κ1) is 12.9. The van der Waals surface area contributed by atoms with Crippen molar-refractivity contribution in [3.63, 3.8) is 0 Å². The van der Waals surface area contributed by atoms with Gasteiger partial charge in [0.1, 0.15) is 0 Å². The van der Waals surface area contributed by atoms with Gasteiger partial charge in [-0.2, -0.15) is 13.2 Å². The van der Waals surface area contributed by atoms with Crippen LogP contribution in [0.1, 0.15) is 11.1 Å². The average Bonchev–Trinajstić information content (AvgIpc) is 2.14. The minimum atomic E-state index is -4.62. The van der Waals surface area contributed by atoms with Crippen LogP contribution in [0, 0.1) is 10.1 Å². The predicted molar refractivity (Wildman–Crippen MR) is 53.7 cm³/mol. The normalized spacial score (nSPS) is 11.6. The van der Waals surface area contributed by atoms with Crippen molar-refractivity contribution >= 4 is 21.6 Å². The third kappa shape index (κ3) is 2.50. The van der Waals surface area contributed by atoms with Crippen LogP contribution < -0.4 is 5.73 Å². The van der Waals surface area contributed by atoms with Gasteiger partial charge in [-0.1, -0.05) is 15.9 Å². The molecule has 8 heteroatoms. The molecule has 2 N–H and O–H groups in total. The molecule has 0 unspecified atom stereocenters. The molecule has 0 spiro atoms. The highest BCUT2D eigenvalue weighted by atomic mass is 79.9. The van der Waals surface area contributed by atoms with E-state index in [-0.39, 0.29) is 16.6 Å². The summed E-state index contributed by atoms with van der Waals surface area (Å²) in [7, 11) is 0. The number of nitrogens with two attached hydrogens (primary N) is 1. The molecule has 0 aromatic heterocycles. The van der Waals surface area contributed by atoms with Crippen LogP contribution in [-0.4, -0.2) is 4.92 Å². The molecule has 4 nitrogen and oxygen atoms in total.